The van der Waals surface area contributed by atoms with E-state index in [1.165, 1.54) is 21.5 Å². The number of benzene rings is 8. The first-order valence-electron chi connectivity index (χ1n) is 18.0. The van der Waals surface area contributed by atoms with Gasteiger partial charge in [0.1, 0.15) is 22.7 Å². The Balaban J connectivity index is 1.29. The number of nitrogens with zero attached hydrogens (tertiary/aromatic N) is 2. The monoisotopic (exact) mass is 680 g/mol. The second-order valence-electron chi connectivity index (χ2n) is 13.8. The van der Waals surface area contributed by atoms with Crippen LogP contribution in [0.5, 0.6) is 11.5 Å². The summed E-state index contributed by atoms with van der Waals surface area (Å²) in [6, 6.07) is 62.3. The highest BCUT2D eigenvalue weighted by Crippen LogP contribution is 2.46. The summed E-state index contributed by atoms with van der Waals surface area (Å²) in [4.78, 5) is 0. The maximum Gasteiger partial charge on any atom is 0.147 e. The Morgan fingerprint density at radius 3 is 1.43 bits per heavy atom. The van der Waals surface area contributed by atoms with Crippen molar-refractivity contribution in [2.45, 2.75) is 6.92 Å². The van der Waals surface area contributed by atoms with Crippen LogP contribution in [0.4, 0.5) is 0 Å². The van der Waals surface area contributed by atoms with Gasteiger partial charge in [-0.05, 0) is 84.8 Å². The lowest BCUT2D eigenvalue weighted by molar-refractivity contribution is 0.480. The molecule has 53 heavy (non-hydrogen) atoms. The smallest absolute Gasteiger partial charge is 0.147 e. The molecule has 0 aliphatic rings. The van der Waals surface area contributed by atoms with Crippen molar-refractivity contribution in [2.24, 2.45) is 0 Å². The number of fused-ring (bicyclic) bond motifs is 9. The van der Waals surface area contributed by atoms with Crippen molar-refractivity contribution in [3.05, 3.63) is 181 Å². The van der Waals surface area contributed by atoms with Crippen molar-refractivity contribution in [2.75, 3.05) is 0 Å². The van der Waals surface area contributed by atoms with E-state index in [2.05, 4.69) is 162 Å². The fourth-order valence-electron chi connectivity index (χ4n) is 8.32. The van der Waals surface area contributed by atoms with Gasteiger partial charge in [-0.15, -0.1) is 0 Å². The Morgan fingerprint density at radius 2 is 0.887 bits per heavy atom. The van der Waals surface area contributed by atoms with Crippen molar-refractivity contribution >= 4 is 65.6 Å². The van der Waals surface area contributed by atoms with E-state index in [4.69, 9.17) is 9.15 Å². The minimum Gasteiger partial charge on any atom is -0.456 e. The lowest BCUT2D eigenvalue weighted by Crippen LogP contribution is -2.01. The average molecular weight is 681 g/mol. The van der Waals surface area contributed by atoms with Gasteiger partial charge < -0.3 is 18.3 Å². The fraction of sp³-hybridized carbons (Fsp3) is 0.0204. The molecule has 11 rings (SSSR count). The summed E-state index contributed by atoms with van der Waals surface area (Å²) in [5.41, 5.74) is 11.3. The second-order valence-corrected chi connectivity index (χ2v) is 13.8. The van der Waals surface area contributed by atoms with Gasteiger partial charge in [0.2, 0.25) is 0 Å². The van der Waals surface area contributed by atoms with E-state index in [0.29, 0.717) is 0 Å². The topological polar surface area (TPSA) is 32.2 Å². The number of aromatic nitrogens is 2. The van der Waals surface area contributed by atoms with E-state index in [0.717, 1.165) is 83.6 Å². The van der Waals surface area contributed by atoms with E-state index in [9.17, 15) is 0 Å². The molecule has 8 aromatic carbocycles. The average Bonchev–Trinajstić information content (AvgIpc) is 3.86. The van der Waals surface area contributed by atoms with Gasteiger partial charge in [-0.3, -0.25) is 0 Å². The lowest BCUT2D eigenvalue weighted by Gasteiger charge is -2.18. The number of furan rings is 1. The summed E-state index contributed by atoms with van der Waals surface area (Å²) in [6.45, 7) is 2.08. The van der Waals surface area contributed by atoms with Crippen LogP contribution < -0.4 is 4.74 Å². The Morgan fingerprint density at radius 1 is 0.415 bits per heavy atom. The molecular weight excluding hydrogens is 649 g/mol. The Labute approximate surface area is 305 Å². The molecular formula is C49H32N2O2. The minimum atomic E-state index is 0.735. The molecule has 0 aliphatic heterocycles. The molecule has 11 aromatic rings. The largest absolute Gasteiger partial charge is 0.456 e. The third kappa shape index (κ3) is 4.49. The quantitative estimate of drug-likeness (QED) is 0.181. The molecule has 0 amide bonds. The van der Waals surface area contributed by atoms with Crippen LogP contribution in [0.2, 0.25) is 0 Å². The predicted molar refractivity (Wildman–Crippen MR) is 219 cm³/mol. The van der Waals surface area contributed by atoms with Crippen LogP contribution >= 0.6 is 0 Å². The zero-order valence-corrected chi connectivity index (χ0v) is 29.0. The molecule has 0 saturated heterocycles. The molecule has 0 unspecified atom stereocenters. The van der Waals surface area contributed by atoms with Crippen molar-refractivity contribution in [3.8, 4) is 34.0 Å². The first-order valence-corrected chi connectivity index (χ1v) is 18.0. The molecule has 0 N–H and O–H groups in total. The summed E-state index contributed by atoms with van der Waals surface area (Å²) >= 11 is 0. The highest BCUT2D eigenvalue weighted by atomic mass is 16.5. The predicted octanol–water partition coefficient (Wildman–Crippen LogP) is 13.5. The van der Waals surface area contributed by atoms with Gasteiger partial charge in [0.05, 0.1) is 27.6 Å². The molecule has 4 heteroatoms. The standard InChI is InChI=1S/C49H32N2O2/c1-31-14-2-12-24-45(31)52-47-27-26-40-39-19-7-13-25-46(39)53-49(40)48(47)32-28-33(50-41-20-8-3-15-35(41)36-16-4-9-21-42(36)50)30-34(29-32)51-43-22-10-5-17-37(43)38-18-6-11-23-44(38)51/h2-30H,1H3. The van der Waals surface area contributed by atoms with Gasteiger partial charge in [0.25, 0.3) is 0 Å². The van der Waals surface area contributed by atoms with Gasteiger partial charge >= 0.3 is 0 Å². The second kappa shape index (κ2) is 11.5. The van der Waals surface area contributed by atoms with Gasteiger partial charge in [0.15, 0.2) is 0 Å². The highest BCUT2D eigenvalue weighted by molar-refractivity contribution is 6.13. The molecule has 0 fully saturated rings. The van der Waals surface area contributed by atoms with E-state index in [1.54, 1.807) is 0 Å². The summed E-state index contributed by atoms with van der Waals surface area (Å²) < 4.78 is 18.5. The summed E-state index contributed by atoms with van der Waals surface area (Å²) in [7, 11) is 0. The molecule has 0 atom stereocenters. The van der Waals surface area contributed by atoms with Crippen molar-refractivity contribution < 1.29 is 9.15 Å². The van der Waals surface area contributed by atoms with Crippen LogP contribution in [0, 0.1) is 6.92 Å². The zero-order valence-electron chi connectivity index (χ0n) is 29.0. The van der Waals surface area contributed by atoms with Crippen LogP contribution in [0.1, 0.15) is 5.56 Å². The van der Waals surface area contributed by atoms with E-state index in [1.807, 2.05) is 30.3 Å². The van der Waals surface area contributed by atoms with Gasteiger partial charge in [0, 0.05) is 43.7 Å². The molecule has 0 radical (unpaired) electrons. The van der Waals surface area contributed by atoms with Crippen LogP contribution in [0.15, 0.2) is 180 Å². The van der Waals surface area contributed by atoms with E-state index in [-0.39, 0.29) is 0 Å². The first-order chi connectivity index (χ1) is 26.2. The number of para-hydroxylation sites is 6. The molecule has 3 aromatic heterocycles. The maximum absolute atomic E-state index is 6.87. The SMILES string of the molecule is Cc1ccccc1Oc1ccc2c(oc3ccccc32)c1-c1cc(-n2c3ccccc3c3ccccc32)cc(-n2c3ccccc3c3ccccc32)c1. The van der Waals surface area contributed by atoms with Crippen molar-refractivity contribution in [3.63, 3.8) is 0 Å². The Bertz CT molecular complexity index is 2990. The summed E-state index contributed by atoms with van der Waals surface area (Å²) in [5, 5.41) is 7.00. The van der Waals surface area contributed by atoms with Crippen molar-refractivity contribution in [1.29, 1.82) is 0 Å². The number of ether oxygens (including phenoxy) is 1. The summed E-state index contributed by atoms with van der Waals surface area (Å²) in [5.74, 6) is 1.55. The molecule has 0 saturated carbocycles. The summed E-state index contributed by atoms with van der Waals surface area (Å²) in [6.07, 6.45) is 0. The highest BCUT2D eigenvalue weighted by Gasteiger charge is 2.22. The molecule has 250 valence electrons. The molecule has 3 heterocycles. The van der Waals surface area contributed by atoms with Crippen LogP contribution in [0.25, 0.3) is 88.1 Å². The van der Waals surface area contributed by atoms with Crippen LogP contribution in [0.3, 0.4) is 0 Å². The van der Waals surface area contributed by atoms with E-state index >= 15 is 0 Å². The fourth-order valence-corrected chi connectivity index (χ4v) is 8.32. The number of rotatable bonds is 5. The molecule has 0 bridgehead atoms. The van der Waals surface area contributed by atoms with Crippen molar-refractivity contribution in [1.82, 2.24) is 9.13 Å². The number of hydrogen-bond acceptors (Lipinski definition) is 2. The van der Waals surface area contributed by atoms with Crippen LogP contribution in [-0.4, -0.2) is 9.13 Å². The molecule has 0 spiro atoms. The van der Waals surface area contributed by atoms with Gasteiger partial charge in [-0.25, -0.2) is 0 Å². The first kappa shape index (κ1) is 29.7. The van der Waals surface area contributed by atoms with Crippen LogP contribution in [-0.2, 0) is 0 Å². The third-order valence-electron chi connectivity index (χ3n) is 10.7. The number of aryl methyl sites for hydroxylation is 1. The molecule has 0 aliphatic carbocycles. The maximum atomic E-state index is 6.87. The van der Waals surface area contributed by atoms with Gasteiger partial charge in [-0.1, -0.05) is 109 Å². The number of hydrogen-bond donors (Lipinski definition) is 0. The van der Waals surface area contributed by atoms with Gasteiger partial charge in [-0.2, -0.15) is 0 Å². The lowest BCUT2D eigenvalue weighted by atomic mass is 9.99. The van der Waals surface area contributed by atoms with E-state index < -0.39 is 0 Å². The Kier molecular flexibility index (Phi) is 6.43. The normalized spacial score (nSPS) is 11.9. The minimum absolute atomic E-state index is 0.735. The Hall–Kier alpha value is -7.04. The molecule has 4 nitrogen and oxygen atoms in total. The zero-order chi connectivity index (χ0) is 35.0. The third-order valence-corrected chi connectivity index (χ3v) is 10.7.